The van der Waals surface area contributed by atoms with Gasteiger partial charge in [0.1, 0.15) is 5.15 Å². The van der Waals surface area contributed by atoms with Crippen molar-refractivity contribution in [1.82, 2.24) is 4.98 Å². The highest BCUT2D eigenvalue weighted by Gasteiger charge is 2.46. The van der Waals surface area contributed by atoms with Crippen molar-refractivity contribution >= 4 is 22.4 Å². The molecular weight excluding hydrogens is 602 g/mol. The summed E-state index contributed by atoms with van der Waals surface area (Å²) in [5.41, 5.74) is 13.6. The van der Waals surface area contributed by atoms with Gasteiger partial charge in [-0.3, -0.25) is 0 Å². The molecule has 0 unspecified atom stereocenters. The van der Waals surface area contributed by atoms with E-state index >= 15 is 0 Å². The molecule has 1 heterocycles. The molecule has 0 atom stereocenters. The van der Waals surface area contributed by atoms with Crippen molar-refractivity contribution in [3.8, 4) is 44.6 Å². The smallest absolute Gasteiger partial charge is 0.130 e. The van der Waals surface area contributed by atoms with Crippen LogP contribution in [0.2, 0.25) is 5.15 Å². The Kier molecular flexibility index (Phi) is 6.81. The van der Waals surface area contributed by atoms with E-state index in [4.69, 9.17) is 16.6 Å². The molecule has 0 saturated carbocycles. The molecular formula is C46H30ClN. The Morgan fingerprint density at radius 3 is 1.62 bits per heavy atom. The number of rotatable bonds is 5. The summed E-state index contributed by atoms with van der Waals surface area (Å²) in [5, 5.41) is 2.84. The minimum absolute atomic E-state index is 0.457. The van der Waals surface area contributed by atoms with Gasteiger partial charge in [-0.15, -0.1) is 0 Å². The Morgan fingerprint density at radius 2 is 0.917 bits per heavy atom. The van der Waals surface area contributed by atoms with E-state index in [1.807, 2.05) is 12.1 Å². The van der Waals surface area contributed by atoms with Crippen LogP contribution < -0.4 is 0 Å². The number of hydrogen-bond donors (Lipinski definition) is 0. The van der Waals surface area contributed by atoms with Gasteiger partial charge in [-0.2, -0.15) is 0 Å². The summed E-state index contributed by atoms with van der Waals surface area (Å²) < 4.78 is 0. The Morgan fingerprint density at radius 1 is 0.375 bits per heavy atom. The molecule has 226 valence electrons. The number of nitrogens with zero attached hydrogens (tertiary/aromatic N) is 1. The molecule has 0 bridgehead atoms. The number of halogens is 1. The second-order valence-electron chi connectivity index (χ2n) is 12.5. The van der Waals surface area contributed by atoms with E-state index in [9.17, 15) is 0 Å². The summed E-state index contributed by atoms with van der Waals surface area (Å²) in [6.45, 7) is 0. The van der Waals surface area contributed by atoms with Gasteiger partial charge >= 0.3 is 0 Å². The molecule has 0 radical (unpaired) electrons. The molecule has 0 fully saturated rings. The van der Waals surface area contributed by atoms with Gasteiger partial charge in [0, 0.05) is 5.56 Å². The summed E-state index contributed by atoms with van der Waals surface area (Å²) >= 11 is 6.78. The average Bonchev–Trinajstić information content (AvgIpc) is 3.45. The maximum Gasteiger partial charge on any atom is 0.130 e. The molecule has 0 N–H and O–H groups in total. The van der Waals surface area contributed by atoms with Gasteiger partial charge < -0.3 is 0 Å². The molecule has 7 aromatic carbocycles. The molecule has 1 aliphatic carbocycles. The number of hydrogen-bond acceptors (Lipinski definition) is 1. The largest absolute Gasteiger partial charge is 0.236 e. The molecule has 9 rings (SSSR count). The first-order valence-corrected chi connectivity index (χ1v) is 16.7. The van der Waals surface area contributed by atoms with Gasteiger partial charge in [-0.1, -0.05) is 163 Å². The Labute approximate surface area is 285 Å². The molecule has 0 saturated heterocycles. The fourth-order valence-electron chi connectivity index (χ4n) is 7.65. The van der Waals surface area contributed by atoms with Crippen LogP contribution in [0.5, 0.6) is 0 Å². The maximum atomic E-state index is 6.78. The highest BCUT2D eigenvalue weighted by Crippen LogP contribution is 2.56. The van der Waals surface area contributed by atoms with Crippen molar-refractivity contribution in [2.45, 2.75) is 5.41 Å². The molecule has 0 aliphatic heterocycles. The topological polar surface area (TPSA) is 12.9 Å². The van der Waals surface area contributed by atoms with E-state index in [0.717, 1.165) is 22.4 Å². The van der Waals surface area contributed by atoms with E-state index in [0.29, 0.717) is 5.15 Å². The molecule has 1 nitrogen and oxygen atoms in total. The first-order valence-electron chi connectivity index (χ1n) is 16.3. The third kappa shape index (κ3) is 4.59. The third-order valence-corrected chi connectivity index (χ3v) is 10.0. The van der Waals surface area contributed by atoms with Crippen molar-refractivity contribution in [2.24, 2.45) is 0 Å². The van der Waals surface area contributed by atoms with Gasteiger partial charge in [-0.25, -0.2) is 4.98 Å². The quantitative estimate of drug-likeness (QED) is 0.172. The number of benzene rings is 7. The summed E-state index contributed by atoms with van der Waals surface area (Å²) in [7, 11) is 0. The Bertz CT molecular complexity index is 2410. The summed E-state index contributed by atoms with van der Waals surface area (Å²) in [5.74, 6) is 0. The van der Waals surface area contributed by atoms with Gasteiger partial charge in [0.2, 0.25) is 0 Å². The van der Waals surface area contributed by atoms with Gasteiger partial charge in [0.25, 0.3) is 0 Å². The van der Waals surface area contributed by atoms with E-state index in [1.54, 1.807) is 0 Å². The Balaban J connectivity index is 1.18. The summed E-state index contributed by atoms with van der Waals surface area (Å²) in [4.78, 5) is 4.80. The number of aromatic nitrogens is 1. The lowest BCUT2D eigenvalue weighted by molar-refractivity contribution is 0.769. The van der Waals surface area contributed by atoms with Crippen molar-refractivity contribution < 1.29 is 0 Å². The second kappa shape index (κ2) is 11.5. The molecule has 1 aliphatic rings. The van der Waals surface area contributed by atoms with Crippen molar-refractivity contribution in [3.05, 3.63) is 209 Å². The van der Waals surface area contributed by atoms with Gasteiger partial charge in [-0.05, 0) is 96.7 Å². The molecule has 1 aromatic heterocycles. The van der Waals surface area contributed by atoms with E-state index in [1.165, 1.54) is 55.3 Å². The van der Waals surface area contributed by atoms with Crippen LogP contribution in [0.4, 0.5) is 0 Å². The van der Waals surface area contributed by atoms with Crippen LogP contribution in [0.25, 0.3) is 55.4 Å². The predicted octanol–water partition coefficient (Wildman–Crippen LogP) is 12.3. The van der Waals surface area contributed by atoms with E-state index < -0.39 is 5.41 Å². The monoisotopic (exact) mass is 631 g/mol. The fraction of sp³-hybridized carbons (Fsp3) is 0.0217. The Hall–Kier alpha value is -5.76. The van der Waals surface area contributed by atoms with Crippen LogP contribution in [0.15, 0.2) is 182 Å². The maximum absolute atomic E-state index is 6.78. The van der Waals surface area contributed by atoms with Gasteiger partial charge in [0.05, 0.1) is 11.1 Å². The third-order valence-electron chi connectivity index (χ3n) is 9.83. The normalized spacial score (nSPS) is 12.9. The highest BCUT2D eigenvalue weighted by atomic mass is 35.5. The second-order valence-corrected chi connectivity index (χ2v) is 12.9. The highest BCUT2D eigenvalue weighted by molar-refractivity contribution is 6.29. The molecule has 2 heteroatoms. The van der Waals surface area contributed by atoms with Crippen LogP contribution in [-0.2, 0) is 5.41 Å². The standard InChI is InChI=1S/C46H30ClN/c47-45-30-37(29-44(48-45)36-23-22-33-26-32(20-21-34(33)27-36)31-12-4-1-5-13-31)35-24-25-41-40-18-10-11-19-42(40)46(43(41)28-35,38-14-6-2-7-15-38)39-16-8-3-9-17-39/h1-30H. The number of fused-ring (bicyclic) bond motifs is 4. The molecule has 48 heavy (non-hydrogen) atoms. The lowest BCUT2D eigenvalue weighted by atomic mass is 9.67. The van der Waals surface area contributed by atoms with Crippen LogP contribution >= 0.6 is 11.6 Å². The first-order chi connectivity index (χ1) is 23.7. The predicted molar refractivity (Wildman–Crippen MR) is 200 cm³/mol. The minimum atomic E-state index is -0.457. The van der Waals surface area contributed by atoms with E-state index in [2.05, 4.69) is 170 Å². The fourth-order valence-corrected chi connectivity index (χ4v) is 7.86. The SMILES string of the molecule is Clc1cc(-c2ccc3c(c2)C(c2ccccc2)(c2ccccc2)c2ccccc2-3)cc(-c2ccc3cc(-c4ccccc4)ccc3c2)n1. The zero-order valence-corrected chi connectivity index (χ0v) is 26.9. The van der Waals surface area contributed by atoms with Crippen LogP contribution in [0, 0.1) is 0 Å². The van der Waals surface area contributed by atoms with Crippen molar-refractivity contribution in [3.63, 3.8) is 0 Å². The zero-order chi connectivity index (χ0) is 32.1. The lowest BCUT2D eigenvalue weighted by Crippen LogP contribution is -2.28. The lowest BCUT2D eigenvalue weighted by Gasteiger charge is -2.34. The molecule has 0 spiro atoms. The summed E-state index contributed by atoms with van der Waals surface area (Å²) in [6, 6.07) is 65.3. The van der Waals surface area contributed by atoms with Crippen LogP contribution in [0.1, 0.15) is 22.3 Å². The van der Waals surface area contributed by atoms with Crippen molar-refractivity contribution in [2.75, 3.05) is 0 Å². The average molecular weight is 632 g/mol. The molecule has 8 aromatic rings. The van der Waals surface area contributed by atoms with Gasteiger partial charge in [0.15, 0.2) is 0 Å². The number of pyridine rings is 1. The van der Waals surface area contributed by atoms with Crippen LogP contribution in [-0.4, -0.2) is 4.98 Å². The van der Waals surface area contributed by atoms with E-state index in [-0.39, 0.29) is 0 Å². The first kappa shape index (κ1) is 28.5. The summed E-state index contributed by atoms with van der Waals surface area (Å²) in [6.07, 6.45) is 0. The van der Waals surface area contributed by atoms with Crippen molar-refractivity contribution in [1.29, 1.82) is 0 Å². The zero-order valence-electron chi connectivity index (χ0n) is 26.1. The van der Waals surface area contributed by atoms with Crippen LogP contribution in [0.3, 0.4) is 0 Å². The minimum Gasteiger partial charge on any atom is -0.236 e. The molecule has 0 amide bonds.